The minimum absolute atomic E-state index is 0.219. The molecule has 1 aromatic carbocycles. The second-order valence-corrected chi connectivity index (χ2v) is 7.22. The zero-order valence-electron chi connectivity index (χ0n) is 14.7. The first kappa shape index (κ1) is 16.8. The third kappa shape index (κ3) is 2.15. The Hall–Kier alpha value is -2.60. The van der Waals surface area contributed by atoms with Crippen molar-refractivity contribution < 1.29 is 24.2 Å². The number of hydrogen-bond donors (Lipinski definition) is 1. The monoisotopic (exact) mass is 355 g/mol. The van der Waals surface area contributed by atoms with Crippen LogP contribution >= 0.6 is 0 Å². The number of carboxylic acids is 1. The lowest BCUT2D eigenvalue weighted by Crippen LogP contribution is -2.45. The van der Waals surface area contributed by atoms with Gasteiger partial charge in [-0.05, 0) is 25.5 Å². The number of methoxy groups -OCH3 is 1. The summed E-state index contributed by atoms with van der Waals surface area (Å²) in [6, 6.07) is 6.89. The highest BCUT2D eigenvalue weighted by molar-refractivity contribution is 6.03. The molecule has 3 aliphatic heterocycles. The number of anilines is 1. The van der Waals surface area contributed by atoms with Crippen LogP contribution < -0.4 is 9.64 Å². The van der Waals surface area contributed by atoms with Gasteiger partial charge in [0, 0.05) is 11.8 Å². The van der Waals surface area contributed by atoms with Gasteiger partial charge in [-0.1, -0.05) is 23.8 Å². The molecule has 3 aliphatic rings. The third-order valence-corrected chi connectivity index (χ3v) is 5.58. The summed E-state index contributed by atoms with van der Waals surface area (Å²) in [5, 5.41) is 9.68. The number of nitrogens with zero attached hydrogens (tertiary/aromatic N) is 1. The van der Waals surface area contributed by atoms with Crippen LogP contribution in [0.4, 0.5) is 5.69 Å². The minimum atomic E-state index is -0.999. The fourth-order valence-electron chi connectivity index (χ4n) is 4.58. The van der Waals surface area contributed by atoms with Gasteiger partial charge in [-0.25, -0.2) is 0 Å². The first-order chi connectivity index (χ1) is 12.4. The molecular weight excluding hydrogens is 334 g/mol. The maximum atomic E-state index is 13.4. The van der Waals surface area contributed by atoms with Gasteiger partial charge >= 0.3 is 5.97 Å². The van der Waals surface area contributed by atoms with Crippen molar-refractivity contribution in [2.24, 2.45) is 11.8 Å². The zero-order chi connectivity index (χ0) is 18.6. The van der Waals surface area contributed by atoms with Crippen molar-refractivity contribution in [3.8, 4) is 5.75 Å². The number of rotatable bonds is 5. The van der Waals surface area contributed by atoms with Crippen LogP contribution in [0.3, 0.4) is 0 Å². The van der Waals surface area contributed by atoms with E-state index in [-0.39, 0.29) is 11.9 Å². The zero-order valence-corrected chi connectivity index (χ0v) is 14.7. The van der Waals surface area contributed by atoms with Crippen LogP contribution in [0.15, 0.2) is 48.6 Å². The average Bonchev–Trinajstić information content (AvgIpc) is 3.24. The predicted molar refractivity (Wildman–Crippen MR) is 95.1 cm³/mol. The molecular formula is C20H21NO5. The lowest BCUT2D eigenvalue weighted by Gasteiger charge is -2.33. The molecule has 2 fully saturated rings. The van der Waals surface area contributed by atoms with Gasteiger partial charge in [-0.3, -0.25) is 9.59 Å². The van der Waals surface area contributed by atoms with E-state index < -0.39 is 29.5 Å². The molecule has 0 radical (unpaired) electrons. The first-order valence-corrected chi connectivity index (χ1v) is 8.60. The molecule has 136 valence electrons. The van der Waals surface area contributed by atoms with Crippen molar-refractivity contribution in [3.63, 3.8) is 0 Å². The Kier molecular flexibility index (Phi) is 3.70. The van der Waals surface area contributed by atoms with E-state index in [9.17, 15) is 14.7 Å². The van der Waals surface area contributed by atoms with Crippen molar-refractivity contribution in [2.45, 2.75) is 31.1 Å². The molecule has 26 heavy (non-hydrogen) atoms. The average molecular weight is 355 g/mol. The Labute approximate surface area is 151 Å². The molecule has 0 saturated carbocycles. The predicted octanol–water partition coefficient (Wildman–Crippen LogP) is 2.40. The standard InChI is InChI=1S/C20H21NO5/c1-11(2)9-15-20-8-7-14(26-20)16(19(23)24)17(20)18(22)21(15)12-5-4-6-13(10-12)25-3/h4-8,10,14-17H,1,9H2,2-3H3,(H,23,24)/t14-,15-,16+,17+,20+/m0/s1. The molecule has 0 aromatic heterocycles. The minimum Gasteiger partial charge on any atom is -0.497 e. The number of benzene rings is 1. The van der Waals surface area contributed by atoms with Crippen molar-refractivity contribution in [1.82, 2.24) is 0 Å². The van der Waals surface area contributed by atoms with E-state index in [0.29, 0.717) is 17.9 Å². The third-order valence-electron chi connectivity index (χ3n) is 5.58. The molecule has 4 rings (SSSR count). The van der Waals surface area contributed by atoms with Gasteiger partial charge < -0.3 is 19.5 Å². The van der Waals surface area contributed by atoms with E-state index >= 15 is 0 Å². The molecule has 0 unspecified atom stereocenters. The molecule has 2 saturated heterocycles. The van der Waals surface area contributed by atoms with E-state index in [2.05, 4.69) is 6.58 Å². The summed E-state index contributed by atoms with van der Waals surface area (Å²) >= 11 is 0. The molecule has 1 amide bonds. The summed E-state index contributed by atoms with van der Waals surface area (Å²) in [4.78, 5) is 26.9. The molecule has 5 atom stereocenters. The highest BCUT2D eigenvalue weighted by Crippen LogP contribution is 2.56. The summed E-state index contributed by atoms with van der Waals surface area (Å²) in [5.74, 6) is -2.18. The normalized spacial score (nSPS) is 34.2. The van der Waals surface area contributed by atoms with E-state index in [1.165, 1.54) is 0 Å². The van der Waals surface area contributed by atoms with Gasteiger partial charge in [0.2, 0.25) is 5.91 Å². The van der Waals surface area contributed by atoms with Crippen molar-refractivity contribution >= 4 is 17.6 Å². The van der Waals surface area contributed by atoms with Crippen molar-refractivity contribution in [1.29, 1.82) is 0 Å². The van der Waals surface area contributed by atoms with Crippen LogP contribution in [0, 0.1) is 11.8 Å². The number of aliphatic carboxylic acids is 1. The Morgan fingerprint density at radius 2 is 2.23 bits per heavy atom. The van der Waals surface area contributed by atoms with Crippen LogP contribution in [0.2, 0.25) is 0 Å². The summed E-state index contributed by atoms with van der Waals surface area (Å²) in [7, 11) is 1.57. The van der Waals surface area contributed by atoms with Crippen molar-refractivity contribution in [3.05, 3.63) is 48.6 Å². The van der Waals surface area contributed by atoms with Crippen LogP contribution in [-0.2, 0) is 14.3 Å². The second kappa shape index (κ2) is 5.71. The van der Waals surface area contributed by atoms with Gasteiger partial charge in [-0.2, -0.15) is 0 Å². The van der Waals surface area contributed by atoms with Crippen molar-refractivity contribution in [2.75, 3.05) is 12.0 Å². The number of amides is 1. The molecule has 3 heterocycles. The lowest BCUT2D eigenvalue weighted by atomic mass is 9.74. The van der Waals surface area contributed by atoms with Crippen LogP contribution in [0.25, 0.3) is 0 Å². The van der Waals surface area contributed by atoms with Gasteiger partial charge in [-0.15, -0.1) is 6.58 Å². The highest BCUT2D eigenvalue weighted by Gasteiger charge is 2.71. The Morgan fingerprint density at radius 3 is 2.88 bits per heavy atom. The molecule has 2 bridgehead atoms. The SMILES string of the molecule is C=C(C)C[C@@H]1N(c2cccc(OC)c2)C(=O)[C@H]2[C@H](C(=O)O)[C@@H]3C=C[C@@]12O3. The summed E-state index contributed by atoms with van der Waals surface area (Å²) in [5.41, 5.74) is 0.659. The van der Waals surface area contributed by atoms with E-state index in [1.54, 1.807) is 30.2 Å². The largest absolute Gasteiger partial charge is 0.497 e. The Balaban J connectivity index is 1.84. The van der Waals surface area contributed by atoms with Crippen LogP contribution in [0.1, 0.15) is 13.3 Å². The number of carbonyl (C=O) groups excluding carboxylic acids is 1. The number of hydrogen-bond acceptors (Lipinski definition) is 4. The topological polar surface area (TPSA) is 76.1 Å². The molecule has 6 nitrogen and oxygen atoms in total. The Morgan fingerprint density at radius 1 is 1.46 bits per heavy atom. The number of fused-ring (bicyclic) bond motifs is 1. The molecule has 1 spiro atoms. The summed E-state index contributed by atoms with van der Waals surface area (Å²) < 4.78 is 11.4. The number of ether oxygens (including phenoxy) is 2. The van der Waals surface area contributed by atoms with Gasteiger partial charge in [0.15, 0.2) is 0 Å². The summed E-state index contributed by atoms with van der Waals surface area (Å²) in [6.45, 7) is 5.89. The number of carbonyl (C=O) groups is 2. The molecule has 1 N–H and O–H groups in total. The molecule has 6 heteroatoms. The fourth-order valence-corrected chi connectivity index (χ4v) is 4.58. The smallest absolute Gasteiger partial charge is 0.310 e. The highest BCUT2D eigenvalue weighted by atomic mass is 16.5. The van der Waals surface area contributed by atoms with E-state index in [4.69, 9.17) is 9.47 Å². The van der Waals surface area contributed by atoms with Crippen LogP contribution in [0.5, 0.6) is 5.75 Å². The van der Waals surface area contributed by atoms with Gasteiger partial charge in [0.05, 0.1) is 25.2 Å². The maximum Gasteiger partial charge on any atom is 0.310 e. The maximum absolute atomic E-state index is 13.4. The first-order valence-electron chi connectivity index (χ1n) is 8.60. The molecule has 1 aromatic rings. The quantitative estimate of drug-likeness (QED) is 0.821. The summed E-state index contributed by atoms with van der Waals surface area (Å²) in [6.07, 6.45) is 3.64. The lowest BCUT2D eigenvalue weighted by molar-refractivity contribution is -0.146. The van der Waals surface area contributed by atoms with Gasteiger partial charge in [0.25, 0.3) is 0 Å². The van der Waals surface area contributed by atoms with Crippen LogP contribution in [-0.4, -0.2) is 41.8 Å². The Bertz CT molecular complexity index is 831. The van der Waals surface area contributed by atoms with Gasteiger partial charge in [0.1, 0.15) is 17.3 Å². The second-order valence-electron chi connectivity index (χ2n) is 7.22. The fraction of sp³-hybridized carbons (Fsp3) is 0.400. The van der Waals surface area contributed by atoms with E-state index in [1.807, 2.05) is 25.1 Å². The van der Waals surface area contributed by atoms with E-state index in [0.717, 1.165) is 5.57 Å². The molecule has 0 aliphatic carbocycles. The number of carboxylic acid groups (broad SMARTS) is 1.